The van der Waals surface area contributed by atoms with Gasteiger partial charge in [-0.05, 0) is 51.4 Å². The molecule has 2 unspecified atom stereocenters. The molecule has 0 heterocycles. The van der Waals surface area contributed by atoms with Crippen molar-refractivity contribution in [2.75, 3.05) is 13.2 Å². The smallest absolute Gasteiger partial charge is 0.305 e. The number of allylic oxidation sites excluding steroid dienone is 2. The largest absolute Gasteiger partial charge is 0.466 e. The van der Waals surface area contributed by atoms with Gasteiger partial charge in [0.05, 0.1) is 25.4 Å². The maximum Gasteiger partial charge on any atom is 0.305 e. The predicted molar refractivity (Wildman–Crippen MR) is 320 cm³/mol. The molecular weight excluding hydrogens is 899 g/mol. The second kappa shape index (κ2) is 63.1. The Bertz CT molecular complexity index is 1100. The number of hydrogen-bond acceptors (Lipinski definition) is 5. The molecule has 0 bridgehead atoms. The van der Waals surface area contributed by atoms with E-state index in [0.29, 0.717) is 25.9 Å². The fraction of sp³-hybridized carbons (Fsp3) is 0.940. The zero-order chi connectivity index (χ0) is 52.9. The molecule has 0 aromatic carbocycles. The summed E-state index contributed by atoms with van der Waals surface area (Å²) in [5.41, 5.74) is 0. The van der Waals surface area contributed by atoms with E-state index in [1.807, 2.05) is 0 Å². The van der Waals surface area contributed by atoms with Gasteiger partial charge in [0.1, 0.15) is 0 Å². The Morgan fingerprint density at radius 3 is 0.973 bits per heavy atom. The summed E-state index contributed by atoms with van der Waals surface area (Å²) in [6, 6.07) is -0.548. The Morgan fingerprint density at radius 1 is 0.370 bits per heavy atom. The van der Waals surface area contributed by atoms with Gasteiger partial charge in [0, 0.05) is 12.8 Å². The van der Waals surface area contributed by atoms with Crippen molar-refractivity contribution in [2.45, 2.75) is 392 Å². The second-order valence-electron chi connectivity index (χ2n) is 23.2. The molecule has 0 spiro atoms. The first kappa shape index (κ1) is 71.6. The van der Waals surface area contributed by atoms with Gasteiger partial charge in [-0.25, -0.2) is 0 Å². The SMILES string of the molecule is CCCCCCCCCCCCCCCCCCCCCC(=O)OCCCCCCCCCC/C=C\CCCCCCCCCC(=O)NC(CO)C(O)CCCCCCCCCCCCCCCCCCCC. The summed E-state index contributed by atoms with van der Waals surface area (Å²) in [5, 5.41) is 23.4. The average molecular weight is 1030 g/mol. The molecule has 0 aromatic rings. The molecule has 2 atom stereocenters. The Morgan fingerprint density at radius 2 is 0.644 bits per heavy atom. The summed E-state index contributed by atoms with van der Waals surface area (Å²) in [6.45, 7) is 4.98. The highest BCUT2D eigenvalue weighted by Gasteiger charge is 2.20. The maximum absolute atomic E-state index is 12.5. The fourth-order valence-corrected chi connectivity index (χ4v) is 10.7. The Kier molecular flexibility index (Phi) is 61.9. The van der Waals surface area contributed by atoms with Crippen LogP contribution in [0.1, 0.15) is 380 Å². The van der Waals surface area contributed by atoms with Crippen LogP contribution in [0.3, 0.4) is 0 Å². The Labute approximate surface area is 457 Å². The van der Waals surface area contributed by atoms with Crippen molar-refractivity contribution in [1.82, 2.24) is 5.32 Å². The van der Waals surface area contributed by atoms with Crippen molar-refractivity contribution in [3.8, 4) is 0 Å². The van der Waals surface area contributed by atoms with Crippen molar-refractivity contribution < 1.29 is 24.5 Å². The molecule has 6 heteroatoms. The lowest BCUT2D eigenvalue weighted by Gasteiger charge is -2.22. The van der Waals surface area contributed by atoms with Crippen LogP contribution < -0.4 is 5.32 Å². The van der Waals surface area contributed by atoms with Gasteiger partial charge in [0.25, 0.3) is 0 Å². The van der Waals surface area contributed by atoms with Gasteiger partial charge < -0.3 is 20.3 Å². The molecule has 0 fully saturated rings. The van der Waals surface area contributed by atoms with E-state index in [1.54, 1.807) is 0 Å². The molecule has 0 radical (unpaired) electrons. The van der Waals surface area contributed by atoms with Crippen LogP contribution in [0.5, 0.6) is 0 Å². The number of amides is 1. The van der Waals surface area contributed by atoms with Crippen LogP contribution in [-0.2, 0) is 14.3 Å². The fourth-order valence-electron chi connectivity index (χ4n) is 10.7. The third kappa shape index (κ3) is 59.7. The zero-order valence-corrected chi connectivity index (χ0v) is 49.6. The summed E-state index contributed by atoms with van der Waals surface area (Å²) in [4.78, 5) is 24.6. The number of aliphatic hydroxyl groups excluding tert-OH is 2. The van der Waals surface area contributed by atoms with Crippen molar-refractivity contribution in [1.29, 1.82) is 0 Å². The Hall–Kier alpha value is -1.40. The van der Waals surface area contributed by atoms with Gasteiger partial charge in [-0.1, -0.05) is 328 Å². The van der Waals surface area contributed by atoms with Crippen molar-refractivity contribution in [2.24, 2.45) is 0 Å². The highest BCUT2D eigenvalue weighted by molar-refractivity contribution is 5.76. The van der Waals surface area contributed by atoms with Crippen LogP contribution in [0.15, 0.2) is 12.2 Å². The number of carbonyl (C=O) groups is 2. The predicted octanol–water partition coefficient (Wildman–Crippen LogP) is 21.2. The van der Waals surface area contributed by atoms with E-state index in [2.05, 4.69) is 31.3 Å². The van der Waals surface area contributed by atoms with E-state index in [9.17, 15) is 19.8 Å². The van der Waals surface area contributed by atoms with E-state index in [-0.39, 0.29) is 18.5 Å². The molecule has 0 saturated carbocycles. The van der Waals surface area contributed by atoms with Gasteiger partial charge >= 0.3 is 5.97 Å². The van der Waals surface area contributed by atoms with E-state index in [4.69, 9.17) is 4.74 Å². The molecule has 6 nitrogen and oxygen atoms in total. The summed E-state index contributed by atoms with van der Waals surface area (Å²) in [6.07, 6.45) is 76.6. The lowest BCUT2D eigenvalue weighted by molar-refractivity contribution is -0.143. The standard InChI is InChI=1S/C67H131NO5/c1-3-5-7-9-11-13-15-17-19-21-24-29-33-37-41-45-49-53-57-61-67(72)73-62-58-54-50-46-42-38-34-30-26-23-25-28-32-36-40-44-48-52-56-60-66(71)68-64(63-69)65(70)59-55-51-47-43-39-35-31-27-22-20-18-16-14-12-10-8-6-4-2/h23,25,64-65,69-70H,3-22,24,26-63H2,1-2H3,(H,68,71)/b25-23-. The minimum atomic E-state index is -0.670. The van der Waals surface area contributed by atoms with E-state index >= 15 is 0 Å². The number of carbonyl (C=O) groups excluding carboxylic acids is 2. The minimum absolute atomic E-state index is 0.00985. The molecule has 0 aliphatic heterocycles. The van der Waals surface area contributed by atoms with Gasteiger partial charge in [-0.15, -0.1) is 0 Å². The summed E-state index contributed by atoms with van der Waals surface area (Å²) >= 11 is 0. The van der Waals surface area contributed by atoms with Gasteiger partial charge in [0.15, 0.2) is 0 Å². The molecule has 0 aromatic heterocycles. The first-order valence-electron chi connectivity index (χ1n) is 33.4. The summed E-state index contributed by atoms with van der Waals surface area (Å²) in [7, 11) is 0. The van der Waals surface area contributed by atoms with Crippen LogP contribution in [0.4, 0.5) is 0 Å². The van der Waals surface area contributed by atoms with Crippen molar-refractivity contribution in [3.05, 3.63) is 12.2 Å². The van der Waals surface area contributed by atoms with Gasteiger partial charge in [-0.3, -0.25) is 9.59 Å². The van der Waals surface area contributed by atoms with E-state index in [1.165, 1.54) is 308 Å². The molecule has 73 heavy (non-hydrogen) atoms. The summed E-state index contributed by atoms with van der Waals surface area (Å²) < 4.78 is 5.50. The number of esters is 1. The molecule has 0 aliphatic rings. The molecule has 3 N–H and O–H groups in total. The number of nitrogens with one attached hydrogen (secondary N) is 1. The molecule has 0 saturated heterocycles. The maximum atomic E-state index is 12.5. The van der Waals surface area contributed by atoms with Gasteiger partial charge in [0.2, 0.25) is 5.91 Å². The monoisotopic (exact) mass is 1030 g/mol. The van der Waals surface area contributed by atoms with Gasteiger partial charge in [-0.2, -0.15) is 0 Å². The third-order valence-corrected chi connectivity index (χ3v) is 15.8. The molecular formula is C67H131NO5. The van der Waals surface area contributed by atoms with E-state index in [0.717, 1.165) is 38.5 Å². The quantitative estimate of drug-likeness (QED) is 0.0320. The van der Waals surface area contributed by atoms with Crippen molar-refractivity contribution in [3.63, 3.8) is 0 Å². The molecule has 1 amide bonds. The normalized spacial score (nSPS) is 12.5. The lowest BCUT2D eigenvalue weighted by Crippen LogP contribution is -2.45. The number of aliphatic hydroxyl groups is 2. The highest BCUT2D eigenvalue weighted by atomic mass is 16.5. The first-order valence-corrected chi connectivity index (χ1v) is 33.4. The van der Waals surface area contributed by atoms with Crippen LogP contribution in [0, 0.1) is 0 Å². The number of unbranched alkanes of at least 4 members (excludes halogenated alkanes) is 50. The molecule has 434 valence electrons. The zero-order valence-electron chi connectivity index (χ0n) is 49.6. The topological polar surface area (TPSA) is 95.9 Å². The molecule has 0 aliphatic carbocycles. The second-order valence-corrected chi connectivity index (χ2v) is 23.2. The number of rotatable bonds is 63. The van der Waals surface area contributed by atoms with Crippen molar-refractivity contribution >= 4 is 11.9 Å². The minimum Gasteiger partial charge on any atom is -0.466 e. The van der Waals surface area contributed by atoms with Crippen LogP contribution in [-0.4, -0.2) is 47.4 Å². The van der Waals surface area contributed by atoms with Crippen LogP contribution in [0.2, 0.25) is 0 Å². The summed E-state index contributed by atoms with van der Waals surface area (Å²) in [5.74, 6) is -0.0309. The average Bonchev–Trinajstić information content (AvgIpc) is 3.39. The molecule has 0 rings (SSSR count). The van der Waals surface area contributed by atoms with Crippen LogP contribution >= 0.6 is 0 Å². The lowest BCUT2D eigenvalue weighted by atomic mass is 10.0. The van der Waals surface area contributed by atoms with E-state index < -0.39 is 12.1 Å². The third-order valence-electron chi connectivity index (χ3n) is 15.8. The highest BCUT2D eigenvalue weighted by Crippen LogP contribution is 2.19. The number of ether oxygens (including phenoxy) is 1. The Balaban J connectivity index is 3.40. The first-order chi connectivity index (χ1) is 36.0. The number of hydrogen-bond donors (Lipinski definition) is 3. The van der Waals surface area contributed by atoms with Crippen LogP contribution in [0.25, 0.3) is 0 Å².